The van der Waals surface area contributed by atoms with Crippen LogP contribution in [0.5, 0.6) is 0 Å². The second-order valence-corrected chi connectivity index (χ2v) is 6.94. The lowest BCUT2D eigenvalue weighted by Crippen LogP contribution is -2.24. The third-order valence-electron chi connectivity index (χ3n) is 4.98. The summed E-state index contributed by atoms with van der Waals surface area (Å²) < 4.78 is 0. The summed E-state index contributed by atoms with van der Waals surface area (Å²) in [7, 11) is 11.8. The van der Waals surface area contributed by atoms with Gasteiger partial charge in [-0.3, -0.25) is 0 Å². The fourth-order valence-electron chi connectivity index (χ4n) is 3.29. The molecule has 4 rings (SSSR count). The van der Waals surface area contributed by atoms with Gasteiger partial charge < -0.3 is 5.32 Å². The van der Waals surface area contributed by atoms with Crippen molar-refractivity contribution in [1.82, 2.24) is 9.97 Å². The van der Waals surface area contributed by atoms with Crippen LogP contribution in [0.15, 0.2) is 54.9 Å². The summed E-state index contributed by atoms with van der Waals surface area (Å²) >= 11 is 0. The highest BCUT2D eigenvalue weighted by molar-refractivity contribution is 6.49. The van der Waals surface area contributed by atoms with Crippen LogP contribution in [0.25, 0.3) is 21.7 Å². The van der Waals surface area contributed by atoms with Crippen LogP contribution < -0.4 is 16.2 Å². The lowest BCUT2D eigenvalue weighted by Gasteiger charge is -2.16. The van der Waals surface area contributed by atoms with Crippen molar-refractivity contribution < 1.29 is 0 Å². The maximum absolute atomic E-state index is 9.15. The van der Waals surface area contributed by atoms with E-state index in [2.05, 4.69) is 46.5 Å². The van der Waals surface area contributed by atoms with Crippen LogP contribution in [0.1, 0.15) is 24.0 Å². The van der Waals surface area contributed by atoms with E-state index in [1.807, 2.05) is 24.3 Å². The van der Waals surface area contributed by atoms with Crippen LogP contribution in [0.4, 0.5) is 5.82 Å². The first kappa shape index (κ1) is 18.1. The topological polar surface area (TPSA) is 61.6 Å². The highest BCUT2D eigenvalue weighted by Gasteiger charge is 2.10. The molecule has 4 aromatic rings. The van der Waals surface area contributed by atoms with Crippen molar-refractivity contribution in [3.63, 3.8) is 0 Å². The Bertz CT molecular complexity index is 1230. The summed E-state index contributed by atoms with van der Waals surface area (Å²) in [6.07, 6.45) is 1.53. The van der Waals surface area contributed by atoms with E-state index in [0.29, 0.717) is 23.0 Å². The molecule has 0 aliphatic carbocycles. The van der Waals surface area contributed by atoms with E-state index in [0.717, 1.165) is 27.5 Å². The predicted octanol–water partition coefficient (Wildman–Crippen LogP) is 2.46. The zero-order valence-corrected chi connectivity index (χ0v) is 15.5. The number of aromatic nitrogens is 2. The number of benzene rings is 3. The molecule has 130 valence electrons. The molecule has 4 nitrogen and oxygen atoms in total. The van der Waals surface area contributed by atoms with Crippen molar-refractivity contribution in [2.24, 2.45) is 0 Å². The van der Waals surface area contributed by atoms with E-state index in [4.69, 9.17) is 21.0 Å². The minimum absolute atomic E-state index is 0.243. The van der Waals surface area contributed by atoms with Crippen molar-refractivity contribution >= 4 is 54.1 Å². The Morgan fingerprint density at radius 1 is 1.00 bits per heavy atom. The molecule has 1 atom stereocenters. The number of nitriles is 1. The van der Waals surface area contributed by atoms with Crippen molar-refractivity contribution in [2.75, 3.05) is 11.9 Å². The molecule has 0 bridgehead atoms. The van der Waals surface area contributed by atoms with Gasteiger partial charge in [0.2, 0.25) is 0 Å². The zero-order valence-electron chi connectivity index (χ0n) is 15.5. The SMILES string of the molecule is [B]c1cc2ccc(C(C)CNc3ncnc4ccc(C#N)cc34)cc2cc1[B]. The summed E-state index contributed by atoms with van der Waals surface area (Å²) in [5.74, 6) is 0.971. The van der Waals surface area contributed by atoms with Crippen LogP contribution >= 0.6 is 0 Å². The molecule has 1 aromatic heterocycles. The van der Waals surface area contributed by atoms with Crippen molar-refractivity contribution in [3.8, 4) is 6.07 Å². The summed E-state index contributed by atoms with van der Waals surface area (Å²) in [6, 6.07) is 17.7. The fraction of sp³-hybridized carbons (Fsp3) is 0.136. The van der Waals surface area contributed by atoms with E-state index in [1.165, 1.54) is 11.9 Å². The molecule has 0 aliphatic rings. The van der Waals surface area contributed by atoms with Gasteiger partial charge in [-0.25, -0.2) is 9.97 Å². The van der Waals surface area contributed by atoms with Crippen LogP contribution in [-0.4, -0.2) is 32.2 Å². The maximum atomic E-state index is 9.15. The Labute approximate surface area is 166 Å². The minimum Gasteiger partial charge on any atom is -0.369 e. The third kappa shape index (κ3) is 3.44. The largest absolute Gasteiger partial charge is 0.369 e. The normalized spacial score (nSPS) is 12.0. The van der Waals surface area contributed by atoms with Crippen molar-refractivity contribution in [3.05, 3.63) is 66.0 Å². The molecule has 0 saturated heterocycles. The number of anilines is 1. The molecule has 4 radical (unpaired) electrons. The van der Waals surface area contributed by atoms with E-state index in [1.54, 1.807) is 6.07 Å². The molecule has 0 spiro atoms. The first-order chi connectivity index (χ1) is 13.5. The number of hydrogen-bond donors (Lipinski definition) is 1. The smallest absolute Gasteiger partial charge is 0.137 e. The molecular formula is C22H16B2N4. The Hall–Kier alpha value is -3.32. The quantitative estimate of drug-likeness (QED) is 0.570. The number of nitrogens with one attached hydrogen (secondary N) is 1. The molecule has 0 fully saturated rings. The van der Waals surface area contributed by atoms with Crippen molar-refractivity contribution in [1.29, 1.82) is 5.26 Å². The van der Waals surface area contributed by atoms with Crippen LogP contribution in [0, 0.1) is 11.3 Å². The van der Waals surface area contributed by atoms with Gasteiger partial charge in [-0.2, -0.15) is 5.26 Å². The molecule has 6 heteroatoms. The van der Waals surface area contributed by atoms with Gasteiger partial charge in [0, 0.05) is 11.9 Å². The lowest BCUT2D eigenvalue weighted by molar-refractivity contribution is 0.803. The Kier molecular flexibility index (Phi) is 4.75. The average Bonchev–Trinajstić information content (AvgIpc) is 2.72. The fourth-order valence-corrected chi connectivity index (χ4v) is 3.29. The number of nitrogens with zero attached hydrogens (tertiary/aromatic N) is 3. The van der Waals surface area contributed by atoms with Gasteiger partial charge in [0.05, 0.1) is 17.1 Å². The first-order valence-corrected chi connectivity index (χ1v) is 9.02. The molecule has 1 heterocycles. The molecule has 1 unspecified atom stereocenters. The van der Waals surface area contributed by atoms with Gasteiger partial charge in [0.25, 0.3) is 0 Å². The van der Waals surface area contributed by atoms with Gasteiger partial charge in [-0.05, 0) is 40.5 Å². The van der Waals surface area contributed by atoms with Gasteiger partial charge in [0.15, 0.2) is 0 Å². The third-order valence-corrected chi connectivity index (χ3v) is 4.98. The van der Waals surface area contributed by atoms with E-state index in [9.17, 15) is 0 Å². The van der Waals surface area contributed by atoms with Gasteiger partial charge in [-0.1, -0.05) is 37.3 Å². The molecule has 28 heavy (non-hydrogen) atoms. The monoisotopic (exact) mass is 358 g/mol. The van der Waals surface area contributed by atoms with Gasteiger partial charge in [0.1, 0.15) is 27.8 Å². The predicted molar refractivity (Wildman–Crippen MR) is 116 cm³/mol. The first-order valence-electron chi connectivity index (χ1n) is 9.02. The molecule has 0 aliphatic heterocycles. The standard InChI is InChI=1S/C22H16B2N4/c1-13(15-3-4-16-8-19(23)20(24)9-17(16)7-15)11-26-22-18-6-14(10-25)2-5-21(18)27-12-28-22/h2-9,12-13H,11H2,1H3,(H,26,27,28). The number of rotatable bonds is 4. The van der Waals surface area contributed by atoms with E-state index < -0.39 is 0 Å². The van der Waals surface area contributed by atoms with E-state index in [-0.39, 0.29) is 5.92 Å². The molecule has 0 amide bonds. The highest BCUT2D eigenvalue weighted by Crippen LogP contribution is 2.24. The number of fused-ring (bicyclic) bond motifs is 2. The van der Waals surface area contributed by atoms with Crippen LogP contribution in [0.2, 0.25) is 0 Å². The highest BCUT2D eigenvalue weighted by atomic mass is 15.0. The molecule has 3 aromatic carbocycles. The summed E-state index contributed by atoms with van der Waals surface area (Å²) in [6.45, 7) is 2.85. The summed E-state index contributed by atoms with van der Waals surface area (Å²) in [5, 5.41) is 15.5. The summed E-state index contributed by atoms with van der Waals surface area (Å²) in [5.41, 5.74) is 3.78. The summed E-state index contributed by atoms with van der Waals surface area (Å²) in [4.78, 5) is 8.63. The second-order valence-electron chi connectivity index (χ2n) is 6.94. The second kappa shape index (κ2) is 7.36. The molecular weight excluding hydrogens is 342 g/mol. The minimum atomic E-state index is 0.243. The van der Waals surface area contributed by atoms with Crippen LogP contribution in [-0.2, 0) is 0 Å². The number of hydrogen-bond acceptors (Lipinski definition) is 4. The average molecular weight is 358 g/mol. The van der Waals surface area contributed by atoms with Gasteiger partial charge >= 0.3 is 0 Å². The van der Waals surface area contributed by atoms with Crippen LogP contribution in [0.3, 0.4) is 0 Å². The maximum Gasteiger partial charge on any atom is 0.137 e. The Morgan fingerprint density at radius 2 is 1.79 bits per heavy atom. The van der Waals surface area contributed by atoms with Crippen molar-refractivity contribution in [2.45, 2.75) is 12.8 Å². The van der Waals surface area contributed by atoms with E-state index >= 15 is 0 Å². The Balaban J connectivity index is 1.58. The van der Waals surface area contributed by atoms with Gasteiger partial charge in [-0.15, -0.1) is 10.9 Å². The zero-order chi connectivity index (χ0) is 19.7. The Morgan fingerprint density at radius 3 is 2.57 bits per heavy atom. The lowest BCUT2D eigenvalue weighted by atomic mass is 9.79. The molecule has 0 saturated carbocycles. The molecule has 1 N–H and O–H groups in total.